The number of hydrogen-bond donors (Lipinski definition) is 2. The summed E-state index contributed by atoms with van der Waals surface area (Å²) in [5.74, 6) is 0.488. The third-order valence-electron chi connectivity index (χ3n) is 5.93. The fourth-order valence-corrected chi connectivity index (χ4v) is 4.40. The number of pyridine rings is 1. The molecule has 0 saturated carbocycles. The highest BCUT2D eigenvalue weighted by Gasteiger charge is 2.26. The van der Waals surface area contributed by atoms with Crippen molar-refractivity contribution in [1.82, 2.24) is 9.88 Å². The molecule has 7 nitrogen and oxygen atoms in total. The van der Waals surface area contributed by atoms with E-state index in [2.05, 4.69) is 53.5 Å². The molecule has 31 heavy (non-hydrogen) atoms. The van der Waals surface area contributed by atoms with Gasteiger partial charge in [0.2, 0.25) is 11.8 Å². The maximum Gasteiger partial charge on any atom is 0.238 e. The van der Waals surface area contributed by atoms with Crippen LogP contribution in [0.2, 0.25) is 0 Å². The standard InChI is InChI=1S/C23H28BrN5O2/c24-18-3-8-21(25-15-18)27-23(31)17-9-13-28(14-10-17)16-22(30)26-19-4-6-20(7-5-19)29-11-1-2-12-29/h3-8,15,17H,1-2,9-14,16H2,(H,26,30)(H,25,27,31). The lowest BCUT2D eigenvalue weighted by Crippen LogP contribution is -2.41. The van der Waals surface area contributed by atoms with E-state index in [9.17, 15) is 9.59 Å². The third-order valence-corrected chi connectivity index (χ3v) is 6.40. The molecule has 0 unspecified atom stereocenters. The summed E-state index contributed by atoms with van der Waals surface area (Å²) in [5, 5.41) is 5.87. The molecule has 2 amide bonds. The van der Waals surface area contributed by atoms with Crippen LogP contribution >= 0.6 is 15.9 Å². The van der Waals surface area contributed by atoms with Gasteiger partial charge in [-0.3, -0.25) is 14.5 Å². The van der Waals surface area contributed by atoms with Crippen LogP contribution in [0.15, 0.2) is 47.1 Å². The highest BCUT2D eigenvalue weighted by Crippen LogP contribution is 2.23. The lowest BCUT2D eigenvalue weighted by molar-refractivity contribution is -0.121. The molecule has 0 atom stereocenters. The quantitative estimate of drug-likeness (QED) is 0.651. The average Bonchev–Trinajstić information content (AvgIpc) is 3.31. The molecule has 4 rings (SSSR count). The molecule has 0 bridgehead atoms. The number of hydrogen-bond acceptors (Lipinski definition) is 5. The summed E-state index contributed by atoms with van der Waals surface area (Å²) in [5.41, 5.74) is 2.04. The monoisotopic (exact) mass is 485 g/mol. The van der Waals surface area contributed by atoms with Gasteiger partial charge >= 0.3 is 0 Å². The van der Waals surface area contributed by atoms with E-state index in [1.165, 1.54) is 18.5 Å². The number of piperidine rings is 1. The van der Waals surface area contributed by atoms with Crippen molar-refractivity contribution in [2.75, 3.05) is 48.3 Å². The fraction of sp³-hybridized carbons (Fsp3) is 0.435. The molecule has 8 heteroatoms. The lowest BCUT2D eigenvalue weighted by atomic mass is 9.96. The number of halogens is 1. The van der Waals surface area contributed by atoms with E-state index in [4.69, 9.17) is 0 Å². The van der Waals surface area contributed by atoms with Crippen LogP contribution in [0.5, 0.6) is 0 Å². The molecule has 0 radical (unpaired) electrons. The summed E-state index contributed by atoms with van der Waals surface area (Å²) in [6.45, 7) is 4.02. The largest absolute Gasteiger partial charge is 0.372 e. The molecule has 2 aliphatic heterocycles. The number of aromatic nitrogens is 1. The van der Waals surface area contributed by atoms with Crippen LogP contribution in [0.4, 0.5) is 17.2 Å². The SMILES string of the molecule is O=C(CN1CCC(C(=O)Nc2ccc(Br)cn2)CC1)Nc1ccc(N2CCCC2)cc1. The zero-order valence-corrected chi connectivity index (χ0v) is 19.1. The molecular formula is C23H28BrN5O2. The Balaban J connectivity index is 1.20. The molecule has 2 fully saturated rings. The average molecular weight is 486 g/mol. The molecule has 0 aliphatic carbocycles. The summed E-state index contributed by atoms with van der Waals surface area (Å²) in [4.78, 5) is 33.6. The van der Waals surface area contributed by atoms with Gasteiger partial charge in [-0.2, -0.15) is 0 Å². The third kappa shape index (κ3) is 6.04. The van der Waals surface area contributed by atoms with E-state index in [1.807, 2.05) is 18.2 Å². The van der Waals surface area contributed by atoms with Crippen LogP contribution in [-0.4, -0.2) is 54.4 Å². The summed E-state index contributed by atoms with van der Waals surface area (Å²) < 4.78 is 0.875. The second kappa shape index (κ2) is 10.2. The zero-order chi connectivity index (χ0) is 21.6. The molecule has 2 N–H and O–H groups in total. The van der Waals surface area contributed by atoms with Crippen molar-refractivity contribution in [1.29, 1.82) is 0 Å². The second-order valence-corrected chi connectivity index (χ2v) is 9.11. The normalized spacial score (nSPS) is 17.5. The van der Waals surface area contributed by atoms with Gasteiger partial charge in [-0.25, -0.2) is 4.98 Å². The zero-order valence-electron chi connectivity index (χ0n) is 17.5. The Hall–Kier alpha value is -2.45. The molecule has 2 aromatic rings. The number of nitrogens with zero attached hydrogens (tertiary/aromatic N) is 3. The number of likely N-dealkylation sites (tertiary alicyclic amines) is 1. The van der Waals surface area contributed by atoms with Crippen molar-refractivity contribution in [3.63, 3.8) is 0 Å². The van der Waals surface area contributed by atoms with Crippen molar-refractivity contribution in [3.8, 4) is 0 Å². The van der Waals surface area contributed by atoms with Crippen molar-refractivity contribution < 1.29 is 9.59 Å². The van der Waals surface area contributed by atoms with Gasteiger partial charge in [-0.05, 0) is 91.1 Å². The number of carbonyl (C=O) groups is 2. The Bertz CT molecular complexity index is 889. The minimum Gasteiger partial charge on any atom is -0.372 e. The molecule has 0 spiro atoms. The molecule has 164 valence electrons. The van der Waals surface area contributed by atoms with Crippen molar-refractivity contribution in [3.05, 3.63) is 47.1 Å². The number of rotatable bonds is 6. The van der Waals surface area contributed by atoms with Gasteiger partial charge in [0.15, 0.2) is 0 Å². The van der Waals surface area contributed by atoms with Crippen molar-refractivity contribution in [2.24, 2.45) is 5.92 Å². The first-order valence-electron chi connectivity index (χ1n) is 10.9. The molecule has 3 heterocycles. The van der Waals surface area contributed by atoms with Gasteiger partial charge < -0.3 is 15.5 Å². The number of nitrogens with one attached hydrogen (secondary N) is 2. The van der Waals surface area contributed by atoms with Crippen LogP contribution in [0.3, 0.4) is 0 Å². The maximum atomic E-state index is 12.5. The lowest BCUT2D eigenvalue weighted by Gasteiger charge is -2.30. The first-order valence-corrected chi connectivity index (χ1v) is 11.7. The summed E-state index contributed by atoms with van der Waals surface area (Å²) >= 11 is 3.34. The predicted molar refractivity (Wildman–Crippen MR) is 126 cm³/mol. The molecule has 1 aromatic carbocycles. The Morgan fingerprint density at radius 2 is 1.68 bits per heavy atom. The van der Waals surface area contributed by atoms with Crippen molar-refractivity contribution in [2.45, 2.75) is 25.7 Å². The van der Waals surface area contributed by atoms with Crippen LogP contribution in [-0.2, 0) is 9.59 Å². The smallest absolute Gasteiger partial charge is 0.238 e. The maximum absolute atomic E-state index is 12.5. The number of amides is 2. The first kappa shape index (κ1) is 21.8. The van der Waals surface area contributed by atoms with Crippen LogP contribution in [0, 0.1) is 5.92 Å². The van der Waals surface area contributed by atoms with Crippen LogP contribution < -0.4 is 15.5 Å². The van der Waals surface area contributed by atoms with Crippen LogP contribution in [0.25, 0.3) is 0 Å². The fourth-order valence-electron chi connectivity index (χ4n) is 4.17. The van der Waals surface area contributed by atoms with Gasteiger partial charge in [0.05, 0.1) is 6.54 Å². The number of carbonyl (C=O) groups excluding carboxylic acids is 2. The van der Waals surface area contributed by atoms with Gasteiger partial charge in [0, 0.05) is 41.1 Å². The van der Waals surface area contributed by atoms with E-state index in [0.29, 0.717) is 12.4 Å². The van der Waals surface area contributed by atoms with Gasteiger partial charge in [-0.15, -0.1) is 0 Å². The number of benzene rings is 1. The second-order valence-electron chi connectivity index (χ2n) is 8.19. The molecule has 2 aliphatic rings. The minimum absolute atomic E-state index is 0.00276. The molecule has 1 aromatic heterocycles. The van der Waals surface area contributed by atoms with E-state index in [1.54, 1.807) is 12.3 Å². The van der Waals surface area contributed by atoms with Crippen molar-refractivity contribution >= 4 is 44.9 Å². The number of anilines is 3. The topological polar surface area (TPSA) is 77.6 Å². The van der Waals surface area contributed by atoms with Gasteiger partial charge in [-0.1, -0.05) is 0 Å². The van der Waals surface area contributed by atoms with E-state index in [-0.39, 0.29) is 17.7 Å². The summed E-state index contributed by atoms with van der Waals surface area (Å²) in [6, 6.07) is 11.7. The summed E-state index contributed by atoms with van der Waals surface area (Å²) in [7, 11) is 0. The van der Waals surface area contributed by atoms with Crippen LogP contribution in [0.1, 0.15) is 25.7 Å². The summed E-state index contributed by atoms with van der Waals surface area (Å²) in [6.07, 6.45) is 5.63. The first-order chi connectivity index (χ1) is 15.1. The Morgan fingerprint density at radius 1 is 0.968 bits per heavy atom. The van der Waals surface area contributed by atoms with E-state index >= 15 is 0 Å². The predicted octanol–water partition coefficient (Wildman–Crippen LogP) is 3.73. The van der Waals surface area contributed by atoms with E-state index in [0.717, 1.165) is 49.2 Å². The minimum atomic E-state index is -0.0529. The van der Waals surface area contributed by atoms with Gasteiger partial charge in [0.1, 0.15) is 5.82 Å². The highest BCUT2D eigenvalue weighted by atomic mass is 79.9. The Morgan fingerprint density at radius 3 is 2.32 bits per heavy atom. The Kier molecular flexibility index (Phi) is 7.19. The van der Waals surface area contributed by atoms with Gasteiger partial charge in [0.25, 0.3) is 0 Å². The highest BCUT2D eigenvalue weighted by molar-refractivity contribution is 9.10. The Labute approximate surface area is 191 Å². The van der Waals surface area contributed by atoms with E-state index < -0.39 is 0 Å². The molecule has 2 saturated heterocycles. The molecular weight excluding hydrogens is 458 g/mol.